The van der Waals surface area contributed by atoms with Gasteiger partial charge in [-0.3, -0.25) is 0 Å². The van der Waals surface area contributed by atoms with E-state index in [1.165, 1.54) is 6.42 Å². The Labute approximate surface area is 69.5 Å². The van der Waals surface area contributed by atoms with Gasteiger partial charge in [-0.1, -0.05) is 0 Å². The van der Waals surface area contributed by atoms with Crippen molar-refractivity contribution < 1.29 is 0 Å². The first kappa shape index (κ1) is 10.9. The summed E-state index contributed by atoms with van der Waals surface area (Å²) in [4.78, 5) is 0. The van der Waals surface area contributed by atoms with Gasteiger partial charge in [0.15, 0.2) is 0 Å². The number of rotatable bonds is 7. The molecule has 11 heavy (non-hydrogen) atoms. The molecule has 0 spiro atoms. The van der Waals surface area contributed by atoms with Crippen molar-refractivity contribution in [3.63, 3.8) is 0 Å². The molecule has 0 aliphatic rings. The first-order valence-corrected chi connectivity index (χ1v) is 4.43. The van der Waals surface area contributed by atoms with E-state index in [-0.39, 0.29) is 0 Å². The van der Waals surface area contributed by atoms with Crippen molar-refractivity contribution in [3.8, 4) is 0 Å². The zero-order valence-electron chi connectivity index (χ0n) is 7.47. The van der Waals surface area contributed by atoms with Crippen molar-refractivity contribution in [1.82, 2.24) is 5.32 Å². The Bertz CT molecular complexity index is 73.7. The van der Waals surface area contributed by atoms with E-state index in [2.05, 4.69) is 5.32 Å². The Morgan fingerprint density at radius 3 is 2.55 bits per heavy atom. The van der Waals surface area contributed by atoms with Crippen molar-refractivity contribution >= 4 is 0 Å². The highest BCUT2D eigenvalue weighted by Crippen LogP contribution is 1.85. The van der Waals surface area contributed by atoms with Crippen molar-refractivity contribution in [2.45, 2.75) is 32.2 Å². The average Bonchev–Trinajstić information content (AvgIpc) is 1.96. The monoisotopic (exact) mass is 159 g/mol. The van der Waals surface area contributed by atoms with Crippen LogP contribution in [0.5, 0.6) is 0 Å². The predicted octanol–water partition coefficient (Wildman–Crippen LogP) is 0.0522. The molecule has 0 saturated heterocycles. The molecule has 0 aliphatic carbocycles. The molecule has 0 bridgehead atoms. The van der Waals surface area contributed by atoms with Gasteiger partial charge in [0.25, 0.3) is 0 Å². The van der Waals surface area contributed by atoms with Gasteiger partial charge in [-0.25, -0.2) is 0 Å². The fraction of sp³-hybridized carbons (Fsp3) is 1.00. The zero-order chi connectivity index (χ0) is 8.53. The van der Waals surface area contributed by atoms with E-state index in [4.69, 9.17) is 11.5 Å². The van der Waals surface area contributed by atoms with Crippen LogP contribution in [-0.4, -0.2) is 25.7 Å². The molecule has 0 aromatic carbocycles. The summed E-state index contributed by atoms with van der Waals surface area (Å²) in [5.41, 5.74) is 10.9. The summed E-state index contributed by atoms with van der Waals surface area (Å²) < 4.78 is 0. The molecule has 5 N–H and O–H groups in total. The Morgan fingerprint density at radius 2 is 2.00 bits per heavy atom. The Balaban J connectivity index is 2.80. The molecule has 0 rings (SSSR count). The van der Waals surface area contributed by atoms with E-state index < -0.39 is 0 Å². The Kier molecular flexibility index (Phi) is 7.89. The van der Waals surface area contributed by atoms with Crippen LogP contribution in [0, 0.1) is 0 Å². The topological polar surface area (TPSA) is 64.1 Å². The molecule has 0 saturated carbocycles. The van der Waals surface area contributed by atoms with Crippen LogP contribution in [0.3, 0.4) is 0 Å². The van der Waals surface area contributed by atoms with Crippen LogP contribution in [0.4, 0.5) is 0 Å². The second-order valence-electron chi connectivity index (χ2n) is 3.01. The summed E-state index contributed by atoms with van der Waals surface area (Å²) in [6, 6.07) is 0.317. The van der Waals surface area contributed by atoms with Crippen LogP contribution >= 0.6 is 0 Å². The minimum atomic E-state index is 0.317. The molecule has 3 heteroatoms. The van der Waals surface area contributed by atoms with Gasteiger partial charge in [-0.15, -0.1) is 0 Å². The minimum absolute atomic E-state index is 0.317. The lowest BCUT2D eigenvalue weighted by Crippen LogP contribution is -2.24. The summed E-state index contributed by atoms with van der Waals surface area (Å²) in [6.07, 6.45) is 3.35. The van der Waals surface area contributed by atoms with E-state index in [9.17, 15) is 0 Å². The average molecular weight is 159 g/mol. The highest BCUT2D eigenvalue weighted by Gasteiger charge is 1.92. The molecule has 68 valence electrons. The van der Waals surface area contributed by atoms with Gasteiger partial charge < -0.3 is 16.8 Å². The minimum Gasteiger partial charge on any atom is -0.330 e. The lowest BCUT2D eigenvalue weighted by atomic mass is 10.2. The summed E-state index contributed by atoms with van der Waals surface area (Å²) in [7, 11) is 0. The molecular formula is C8H21N3. The van der Waals surface area contributed by atoms with Crippen molar-refractivity contribution in [2.75, 3.05) is 19.6 Å². The first-order chi connectivity index (χ1) is 5.27. The Morgan fingerprint density at radius 1 is 1.27 bits per heavy atom. The van der Waals surface area contributed by atoms with Gasteiger partial charge in [0.2, 0.25) is 0 Å². The largest absolute Gasteiger partial charge is 0.330 e. The number of nitrogens with one attached hydrogen (secondary N) is 1. The first-order valence-electron chi connectivity index (χ1n) is 4.43. The van der Waals surface area contributed by atoms with Crippen LogP contribution in [0.1, 0.15) is 26.2 Å². The van der Waals surface area contributed by atoms with E-state index in [0.717, 1.165) is 32.5 Å². The fourth-order valence-corrected chi connectivity index (χ4v) is 0.849. The molecule has 1 atom stereocenters. The highest BCUT2D eigenvalue weighted by atomic mass is 14.8. The molecule has 3 nitrogen and oxygen atoms in total. The summed E-state index contributed by atoms with van der Waals surface area (Å²) in [5.74, 6) is 0. The quantitative estimate of drug-likeness (QED) is 0.460. The van der Waals surface area contributed by atoms with Gasteiger partial charge in [-0.05, 0) is 45.8 Å². The maximum absolute atomic E-state index is 5.57. The second-order valence-corrected chi connectivity index (χ2v) is 3.01. The molecular weight excluding hydrogens is 138 g/mol. The lowest BCUT2D eigenvalue weighted by Gasteiger charge is -2.05. The van der Waals surface area contributed by atoms with Crippen LogP contribution in [0.2, 0.25) is 0 Å². The maximum atomic E-state index is 5.57. The van der Waals surface area contributed by atoms with Crippen molar-refractivity contribution in [2.24, 2.45) is 11.5 Å². The molecule has 0 aliphatic heterocycles. The van der Waals surface area contributed by atoms with Crippen molar-refractivity contribution in [1.29, 1.82) is 0 Å². The summed E-state index contributed by atoms with van der Waals surface area (Å²) in [5, 5.41) is 3.32. The van der Waals surface area contributed by atoms with Crippen LogP contribution in [0.25, 0.3) is 0 Å². The van der Waals surface area contributed by atoms with E-state index in [1.807, 2.05) is 6.92 Å². The second kappa shape index (κ2) is 7.98. The molecule has 0 fully saturated rings. The van der Waals surface area contributed by atoms with E-state index >= 15 is 0 Å². The standard InChI is InChI=1S/C8H21N3/c1-8(10)4-7-11-6-3-2-5-9/h8,11H,2-7,9-10H2,1H3/t8-/m0/s1. The molecule has 0 heterocycles. The van der Waals surface area contributed by atoms with Crippen LogP contribution in [0.15, 0.2) is 0 Å². The molecule has 0 radical (unpaired) electrons. The number of hydrogen-bond donors (Lipinski definition) is 3. The van der Waals surface area contributed by atoms with Crippen LogP contribution < -0.4 is 16.8 Å². The third-order valence-corrected chi connectivity index (χ3v) is 1.58. The molecule has 0 aromatic rings. The third-order valence-electron chi connectivity index (χ3n) is 1.58. The van der Waals surface area contributed by atoms with Gasteiger partial charge >= 0.3 is 0 Å². The SMILES string of the molecule is C[C@H](N)CCNCCCCN. The third kappa shape index (κ3) is 9.88. The fourth-order valence-electron chi connectivity index (χ4n) is 0.849. The van der Waals surface area contributed by atoms with Gasteiger partial charge in [0.05, 0.1) is 0 Å². The van der Waals surface area contributed by atoms with E-state index in [1.54, 1.807) is 0 Å². The maximum Gasteiger partial charge on any atom is 0.00225 e. The Hall–Kier alpha value is -0.120. The lowest BCUT2D eigenvalue weighted by molar-refractivity contribution is 0.569. The predicted molar refractivity (Wildman–Crippen MR) is 49.4 cm³/mol. The smallest absolute Gasteiger partial charge is 0.00225 e. The zero-order valence-corrected chi connectivity index (χ0v) is 7.47. The number of nitrogens with two attached hydrogens (primary N) is 2. The number of unbranched alkanes of at least 4 members (excludes halogenated alkanes) is 1. The normalized spacial score (nSPS) is 13.4. The van der Waals surface area contributed by atoms with Crippen LogP contribution in [-0.2, 0) is 0 Å². The molecule has 0 amide bonds. The number of hydrogen-bond acceptors (Lipinski definition) is 3. The summed E-state index contributed by atoms with van der Waals surface area (Å²) in [6.45, 7) is 4.93. The highest BCUT2D eigenvalue weighted by molar-refractivity contribution is 4.56. The molecule has 0 aromatic heterocycles. The van der Waals surface area contributed by atoms with E-state index in [0.29, 0.717) is 6.04 Å². The van der Waals surface area contributed by atoms with Gasteiger partial charge in [0, 0.05) is 6.04 Å². The molecule has 0 unspecified atom stereocenters. The van der Waals surface area contributed by atoms with Gasteiger partial charge in [-0.2, -0.15) is 0 Å². The van der Waals surface area contributed by atoms with Gasteiger partial charge in [0.1, 0.15) is 0 Å². The van der Waals surface area contributed by atoms with Crippen molar-refractivity contribution in [3.05, 3.63) is 0 Å². The summed E-state index contributed by atoms with van der Waals surface area (Å²) >= 11 is 0.